The fraction of sp³-hybridized carbons (Fsp3) is 0.619. The second kappa shape index (κ2) is 11.8. The second-order valence-electron chi connectivity index (χ2n) is 7.72. The number of carbonyl (C=O) groups excluding carboxylic acids is 2. The van der Waals surface area contributed by atoms with Gasteiger partial charge in [-0.15, -0.1) is 0 Å². The van der Waals surface area contributed by atoms with Gasteiger partial charge in [-0.1, -0.05) is 18.2 Å². The van der Waals surface area contributed by atoms with Gasteiger partial charge in [0.1, 0.15) is 0 Å². The zero-order chi connectivity index (χ0) is 20.7. The first-order valence-corrected chi connectivity index (χ1v) is 25.8. The van der Waals surface area contributed by atoms with E-state index in [1.54, 1.807) is 31.2 Å². The van der Waals surface area contributed by atoms with Gasteiger partial charge < -0.3 is 0 Å². The summed E-state index contributed by atoms with van der Waals surface area (Å²) >= 11 is 2.59. The molecule has 1 saturated heterocycles. The van der Waals surface area contributed by atoms with E-state index < -0.39 is 34.2 Å². The van der Waals surface area contributed by atoms with E-state index in [2.05, 4.69) is 18.8 Å². The molecule has 1 heterocycles. The van der Waals surface area contributed by atoms with Gasteiger partial charge in [0.05, 0.1) is 0 Å². The molecule has 1 aromatic carbocycles. The number of aliphatic hydroxyl groups excluding tert-OH is 1. The molecule has 5 nitrogen and oxygen atoms in total. The molecule has 1 N–H and O–H groups in total. The van der Waals surface area contributed by atoms with Crippen molar-refractivity contribution < 1.29 is 46.3 Å². The van der Waals surface area contributed by atoms with Gasteiger partial charge in [-0.25, -0.2) is 0 Å². The third kappa shape index (κ3) is 6.35. The number of Topliss-reactive ketones (excluding diaryl/α,β-unsaturated/α-hetero) is 1. The Morgan fingerprint density at radius 3 is 2.57 bits per heavy atom. The molecule has 0 spiro atoms. The van der Waals surface area contributed by atoms with Gasteiger partial charge in [0.25, 0.3) is 0 Å². The maximum absolute atomic E-state index is 12.9. The molecule has 0 saturated carbocycles. The number of rotatable bonds is 9. The van der Waals surface area contributed by atoms with Gasteiger partial charge in [-0.2, -0.15) is 0 Å². The molecule has 28 heavy (non-hydrogen) atoms. The average molecular weight is 642 g/mol. The van der Waals surface area contributed by atoms with Gasteiger partial charge in [-0.3, -0.25) is 0 Å². The van der Waals surface area contributed by atoms with Crippen molar-refractivity contribution in [2.75, 3.05) is 6.61 Å². The van der Waals surface area contributed by atoms with Crippen molar-refractivity contribution in [1.29, 1.82) is 0 Å². The van der Waals surface area contributed by atoms with Crippen LogP contribution in [0.1, 0.15) is 44.0 Å². The Balaban J connectivity index is 1.98. The van der Waals surface area contributed by atoms with Gasteiger partial charge in [0.2, 0.25) is 0 Å². The van der Waals surface area contributed by atoms with Gasteiger partial charge in [0, 0.05) is 0 Å². The molecule has 152 valence electrons. The van der Waals surface area contributed by atoms with E-state index in [1.165, 1.54) is 0 Å². The van der Waals surface area contributed by atoms with Crippen LogP contribution < -0.4 is 0 Å². The van der Waals surface area contributed by atoms with E-state index in [-0.39, 0.29) is 36.4 Å². The summed E-state index contributed by atoms with van der Waals surface area (Å²) in [5.41, 5.74) is 0.435. The van der Waals surface area contributed by atoms with Crippen LogP contribution in [0.2, 0.25) is 3.93 Å². The quantitative estimate of drug-likeness (QED) is 0.326. The molecular weight excluding hydrogens is 613 g/mol. The number of esters is 1. The molecule has 0 unspecified atom stereocenters. The summed E-state index contributed by atoms with van der Waals surface area (Å²) in [6.45, 7) is 5.76. The number of aliphatic hydroxyl groups is 1. The van der Waals surface area contributed by atoms with Crippen LogP contribution in [0, 0.1) is 17.8 Å². The summed E-state index contributed by atoms with van der Waals surface area (Å²) in [5, 5.41) is 9.77. The summed E-state index contributed by atoms with van der Waals surface area (Å²) < 4.78 is 12.8. The summed E-state index contributed by atoms with van der Waals surface area (Å²) in [4.78, 5) is 25.1. The number of hydrogen-bond donors (Lipinski definition) is 1. The summed E-state index contributed by atoms with van der Waals surface area (Å²) in [6, 6.07) is 8.69. The molecule has 7 heteroatoms. The van der Waals surface area contributed by atoms with E-state index >= 15 is 0 Å². The minimum absolute atomic E-state index is 0.0151. The fourth-order valence-electron chi connectivity index (χ4n) is 3.85. The normalized spacial score (nSPS) is 25.2. The number of halogens is 1. The molecule has 0 aromatic heterocycles. The molecule has 0 amide bonds. The topological polar surface area (TPSA) is 72.8 Å². The maximum atomic E-state index is 12.9. The van der Waals surface area contributed by atoms with E-state index in [0.29, 0.717) is 11.5 Å². The third-order valence-electron chi connectivity index (χ3n) is 5.68. The molecule has 1 fully saturated rings. The van der Waals surface area contributed by atoms with Gasteiger partial charge >= 0.3 is 168 Å². The van der Waals surface area contributed by atoms with Gasteiger partial charge in [-0.05, 0) is 0 Å². The summed E-state index contributed by atoms with van der Waals surface area (Å²) in [5.74, 6) is -0.452. The Kier molecular flexibility index (Phi) is 10.1. The predicted molar refractivity (Wildman–Crippen MR) is 107 cm³/mol. The number of ether oxygens (including phenoxy) is 2. The molecule has 1 aliphatic rings. The standard InChI is InChI=1S/C21H29O5.BrH.Hg/c1-13-10-11-18(26-20(13)14(2)12-22)15(3)19(23)16(4)25-21(24)17-8-6-5-7-9-17;;/h5-9,13-16,18,20,22H,2,10-12H2,1,3-4H3;1H;/q;;+1/p-1/t13-,14+,15-,16+,18-,20-;;/m0../s1. The summed E-state index contributed by atoms with van der Waals surface area (Å²) in [6.07, 6.45) is 0.741. The summed E-state index contributed by atoms with van der Waals surface area (Å²) in [7, 11) is 0. The van der Waals surface area contributed by atoms with E-state index in [0.717, 1.165) is 16.8 Å². The molecule has 0 radical (unpaired) electrons. The number of ketones is 1. The Morgan fingerprint density at radius 2 is 1.96 bits per heavy atom. The zero-order valence-electron chi connectivity index (χ0n) is 16.8. The average Bonchev–Trinajstić information content (AvgIpc) is 2.72. The van der Waals surface area contributed by atoms with E-state index in [4.69, 9.17) is 9.47 Å². The van der Waals surface area contributed by atoms with Crippen LogP contribution in [-0.4, -0.2) is 41.8 Å². The first kappa shape index (κ1) is 24.0. The van der Waals surface area contributed by atoms with Crippen molar-refractivity contribution in [3.63, 3.8) is 0 Å². The Hall–Kier alpha value is -0.305. The monoisotopic (exact) mass is 642 g/mol. The van der Waals surface area contributed by atoms with Crippen LogP contribution in [0.25, 0.3) is 0 Å². The van der Waals surface area contributed by atoms with Crippen molar-refractivity contribution in [1.82, 2.24) is 0 Å². The number of carbonyl (C=O) groups is 2. The van der Waals surface area contributed by atoms with Crippen LogP contribution in [0.15, 0.2) is 30.3 Å². The molecule has 1 aliphatic heterocycles. The van der Waals surface area contributed by atoms with Crippen molar-refractivity contribution >= 4 is 23.7 Å². The molecule has 1 aromatic rings. The molecule has 2 rings (SSSR count). The SMILES string of the molecule is C[C@H](C(=O)[C@@H](C)OC(=O)c1ccccc1)[C@@H]1CC[C@H](C)[C@@H]([C@@H](CO)[CH2][Hg][Br])O1. The first-order valence-electron chi connectivity index (χ1n) is 10.0. The van der Waals surface area contributed by atoms with E-state index in [9.17, 15) is 14.7 Å². The second-order valence-corrected chi connectivity index (χ2v) is 18.4. The Labute approximate surface area is 185 Å². The van der Waals surface area contributed by atoms with Crippen LogP contribution >= 0.6 is 11.9 Å². The molecule has 6 atom stereocenters. The minimum atomic E-state index is -1.07. The van der Waals surface area contributed by atoms with Crippen LogP contribution in [0.5, 0.6) is 0 Å². The third-order valence-corrected chi connectivity index (χ3v) is 13.4. The fourth-order valence-corrected chi connectivity index (χ4v) is 12.1. The van der Waals surface area contributed by atoms with Gasteiger partial charge in [0.15, 0.2) is 0 Å². The van der Waals surface area contributed by atoms with Crippen molar-refractivity contribution in [3.8, 4) is 0 Å². The molecule has 0 aliphatic carbocycles. The first-order chi connectivity index (χ1) is 13.4. The van der Waals surface area contributed by atoms with Crippen molar-refractivity contribution in [2.24, 2.45) is 17.8 Å². The Bertz CT molecular complexity index is 641. The zero-order valence-corrected chi connectivity index (χ0v) is 23.9. The van der Waals surface area contributed by atoms with E-state index in [1.807, 2.05) is 13.0 Å². The van der Waals surface area contributed by atoms with Crippen LogP contribution in [0.3, 0.4) is 0 Å². The van der Waals surface area contributed by atoms with Crippen molar-refractivity contribution in [3.05, 3.63) is 35.9 Å². The van der Waals surface area contributed by atoms with Crippen LogP contribution in [0.4, 0.5) is 0 Å². The van der Waals surface area contributed by atoms with Crippen LogP contribution in [-0.2, 0) is 36.4 Å². The number of hydrogen-bond acceptors (Lipinski definition) is 5. The predicted octanol–water partition coefficient (Wildman–Crippen LogP) is 4.04. The molecular formula is C21H29BrHgO5. The van der Waals surface area contributed by atoms with Crippen molar-refractivity contribution in [2.45, 2.75) is 55.9 Å². The Morgan fingerprint density at radius 1 is 1.29 bits per heavy atom. The number of benzene rings is 1. The molecule has 0 bridgehead atoms.